The molecule has 1 aliphatic rings. The summed E-state index contributed by atoms with van der Waals surface area (Å²) in [5.41, 5.74) is 3.15. The van der Waals surface area contributed by atoms with Gasteiger partial charge in [-0.1, -0.05) is 0 Å². The molecule has 3 rings (SSSR count). The van der Waals surface area contributed by atoms with Crippen LogP contribution in [-0.4, -0.2) is 22.7 Å². The Morgan fingerprint density at radius 3 is 3.11 bits per heavy atom. The van der Waals surface area contributed by atoms with E-state index in [-0.39, 0.29) is 5.82 Å². The fraction of sp³-hybridized carbons (Fsp3) is 0.154. The second kappa shape index (κ2) is 4.52. The van der Waals surface area contributed by atoms with Gasteiger partial charge in [0.2, 0.25) is 0 Å². The molecule has 5 heteroatoms. The lowest BCUT2D eigenvalue weighted by molar-refractivity contribution is 0.625. The van der Waals surface area contributed by atoms with Gasteiger partial charge in [0.1, 0.15) is 0 Å². The van der Waals surface area contributed by atoms with E-state index in [1.807, 2.05) is 6.07 Å². The van der Waals surface area contributed by atoms with E-state index < -0.39 is 0 Å². The zero-order chi connectivity index (χ0) is 12.4. The standard InChI is InChI=1S/C13H11FN4/c14-11-8-16-4-2-13(11)18-10-5-9-6-15-3-1-12(9)17-7-10/h2,4-8H,1,3H2,(H,16,18). The van der Waals surface area contributed by atoms with Gasteiger partial charge in [0, 0.05) is 30.9 Å². The Morgan fingerprint density at radius 1 is 1.28 bits per heavy atom. The predicted molar refractivity (Wildman–Crippen MR) is 67.9 cm³/mol. The summed E-state index contributed by atoms with van der Waals surface area (Å²) in [6.45, 7) is 0.783. The minimum Gasteiger partial charge on any atom is -0.352 e. The van der Waals surface area contributed by atoms with E-state index in [1.54, 1.807) is 24.7 Å². The van der Waals surface area contributed by atoms with Crippen LogP contribution in [0, 0.1) is 5.82 Å². The van der Waals surface area contributed by atoms with E-state index in [4.69, 9.17) is 0 Å². The average molecular weight is 242 g/mol. The van der Waals surface area contributed by atoms with Crippen LogP contribution in [0.5, 0.6) is 0 Å². The number of fused-ring (bicyclic) bond motifs is 1. The van der Waals surface area contributed by atoms with Gasteiger partial charge < -0.3 is 5.32 Å². The molecule has 0 radical (unpaired) electrons. The molecule has 0 amide bonds. The van der Waals surface area contributed by atoms with Crippen molar-refractivity contribution in [2.45, 2.75) is 6.42 Å². The number of halogens is 1. The van der Waals surface area contributed by atoms with Crippen molar-refractivity contribution in [3.8, 4) is 0 Å². The molecule has 0 atom stereocenters. The van der Waals surface area contributed by atoms with Gasteiger partial charge in [0.05, 0.1) is 29.5 Å². The molecule has 0 aromatic carbocycles. The first-order valence-electron chi connectivity index (χ1n) is 5.68. The first-order chi connectivity index (χ1) is 8.83. The summed E-state index contributed by atoms with van der Waals surface area (Å²) in [6.07, 6.45) is 7.09. The average Bonchev–Trinajstić information content (AvgIpc) is 2.41. The maximum Gasteiger partial charge on any atom is 0.164 e. The van der Waals surface area contributed by atoms with Gasteiger partial charge >= 0.3 is 0 Å². The number of anilines is 2. The third kappa shape index (κ3) is 2.07. The van der Waals surface area contributed by atoms with Gasteiger partial charge in [-0.3, -0.25) is 15.0 Å². The van der Waals surface area contributed by atoms with E-state index in [1.165, 1.54) is 6.20 Å². The van der Waals surface area contributed by atoms with Gasteiger partial charge in [0.25, 0.3) is 0 Å². The Hall–Kier alpha value is -2.30. The zero-order valence-corrected chi connectivity index (χ0v) is 9.60. The predicted octanol–water partition coefficient (Wildman–Crippen LogP) is 2.33. The molecular weight excluding hydrogens is 231 g/mol. The molecule has 18 heavy (non-hydrogen) atoms. The fourth-order valence-electron chi connectivity index (χ4n) is 1.86. The van der Waals surface area contributed by atoms with Gasteiger partial charge in [-0.25, -0.2) is 4.39 Å². The molecule has 0 saturated heterocycles. The molecule has 4 nitrogen and oxygen atoms in total. The molecule has 0 saturated carbocycles. The molecule has 2 aromatic rings. The van der Waals surface area contributed by atoms with Crippen LogP contribution < -0.4 is 5.32 Å². The van der Waals surface area contributed by atoms with Crippen LogP contribution in [-0.2, 0) is 6.42 Å². The highest BCUT2D eigenvalue weighted by Gasteiger charge is 2.08. The largest absolute Gasteiger partial charge is 0.352 e. The lowest BCUT2D eigenvalue weighted by Crippen LogP contribution is -2.06. The van der Waals surface area contributed by atoms with Crippen molar-refractivity contribution in [1.29, 1.82) is 0 Å². The topological polar surface area (TPSA) is 50.2 Å². The number of hydrogen-bond acceptors (Lipinski definition) is 4. The van der Waals surface area contributed by atoms with Crippen molar-refractivity contribution in [2.75, 3.05) is 11.9 Å². The molecule has 0 bridgehead atoms. The van der Waals surface area contributed by atoms with Gasteiger partial charge in [-0.15, -0.1) is 0 Å². The van der Waals surface area contributed by atoms with Crippen LogP contribution in [0.1, 0.15) is 11.3 Å². The number of rotatable bonds is 2. The van der Waals surface area contributed by atoms with E-state index in [0.29, 0.717) is 5.69 Å². The van der Waals surface area contributed by atoms with Gasteiger partial charge in [-0.2, -0.15) is 0 Å². The minimum atomic E-state index is -0.385. The Labute approximate surface area is 104 Å². The second-order valence-corrected chi connectivity index (χ2v) is 4.03. The summed E-state index contributed by atoms with van der Waals surface area (Å²) >= 11 is 0. The van der Waals surface area contributed by atoms with Crippen LogP contribution in [0.2, 0.25) is 0 Å². The monoisotopic (exact) mass is 242 g/mol. The lowest BCUT2D eigenvalue weighted by Gasteiger charge is -2.12. The molecule has 3 heterocycles. The van der Waals surface area contributed by atoms with Crippen LogP contribution in [0.3, 0.4) is 0 Å². The SMILES string of the molecule is Fc1cnccc1Nc1cnc2c(c1)C=NCC2. The van der Waals surface area contributed by atoms with E-state index in [9.17, 15) is 4.39 Å². The van der Waals surface area contributed by atoms with Gasteiger partial charge in [0.15, 0.2) is 5.82 Å². The number of hydrogen-bond donors (Lipinski definition) is 1. The highest BCUT2D eigenvalue weighted by molar-refractivity contribution is 5.84. The molecule has 0 spiro atoms. The number of nitrogens with one attached hydrogen (secondary N) is 1. The summed E-state index contributed by atoms with van der Waals surface area (Å²) in [7, 11) is 0. The minimum absolute atomic E-state index is 0.385. The third-order valence-electron chi connectivity index (χ3n) is 2.76. The van der Waals surface area contributed by atoms with Crippen LogP contribution >= 0.6 is 0 Å². The molecular formula is C13H11FN4. The fourth-order valence-corrected chi connectivity index (χ4v) is 1.86. The van der Waals surface area contributed by atoms with Crippen LogP contribution in [0.15, 0.2) is 35.7 Å². The van der Waals surface area contributed by atoms with Crippen molar-refractivity contribution < 1.29 is 4.39 Å². The molecule has 1 aliphatic heterocycles. The number of aromatic nitrogens is 2. The summed E-state index contributed by atoms with van der Waals surface area (Å²) in [4.78, 5) is 12.3. The molecule has 0 fully saturated rings. The number of pyridine rings is 2. The summed E-state index contributed by atoms with van der Waals surface area (Å²) in [6, 6.07) is 3.51. The smallest absolute Gasteiger partial charge is 0.164 e. The maximum atomic E-state index is 13.4. The molecule has 0 aliphatic carbocycles. The molecule has 1 N–H and O–H groups in total. The Bertz CT molecular complexity index is 610. The summed E-state index contributed by atoms with van der Waals surface area (Å²) in [5.74, 6) is -0.385. The molecule has 2 aromatic heterocycles. The van der Waals surface area contributed by atoms with E-state index >= 15 is 0 Å². The van der Waals surface area contributed by atoms with E-state index in [2.05, 4.69) is 20.3 Å². The number of aliphatic imine (C=N–C) groups is 1. The van der Waals surface area contributed by atoms with Gasteiger partial charge in [-0.05, 0) is 12.1 Å². The van der Waals surface area contributed by atoms with E-state index in [0.717, 1.165) is 29.9 Å². The molecule has 90 valence electrons. The third-order valence-corrected chi connectivity index (χ3v) is 2.76. The quantitative estimate of drug-likeness (QED) is 0.879. The summed E-state index contributed by atoms with van der Waals surface area (Å²) in [5, 5.41) is 2.98. The first-order valence-corrected chi connectivity index (χ1v) is 5.68. The van der Waals surface area contributed by atoms with Crippen molar-refractivity contribution in [2.24, 2.45) is 4.99 Å². The Balaban J connectivity index is 1.90. The normalized spacial score (nSPS) is 13.2. The maximum absolute atomic E-state index is 13.4. The van der Waals surface area contributed by atoms with Crippen LogP contribution in [0.4, 0.5) is 15.8 Å². The first kappa shape index (κ1) is 10.8. The Kier molecular flexibility index (Phi) is 2.72. The zero-order valence-electron chi connectivity index (χ0n) is 9.60. The number of nitrogens with zero attached hydrogens (tertiary/aromatic N) is 3. The Morgan fingerprint density at radius 2 is 2.22 bits per heavy atom. The summed E-state index contributed by atoms with van der Waals surface area (Å²) < 4.78 is 13.4. The second-order valence-electron chi connectivity index (χ2n) is 4.03. The van der Waals surface area contributed by atoms with Crippen molar-refractivity contribution in [3.63, 3.8) is 0 Å². The highest BCUT2D eigenvalue weighted by atomic mass is 19.1. The van der Waals surface area contributed by atoms with Crippen molar-refractivity contribution in [3.05, 3.63) is 47.8 Å². The molecule has 0 unspecified atom stereocenters. The van der Waals surface area contributed by atoms with Crippen LogP contribution in [0.25, 0.3) is 0 Å². The van der Waals surface area contributed by atoms with Crippen molar-refractivity contribution >= 4 is 17.6 Å². The lowest BCUT2D eigenvalue weighted by atomic mass is 10.1. The highest BCUT2D eigenvalue weighted by Crippen LogP contribution is 2.20. The van der Waals surface area contributed by atoms with Crippen molar-refractivity contribution in [1.82, 2.24) is 9.97 Å².